The molecule has 180 valence electrons. The minimum Gasteiger partial charge on any atom is -0.354 e. The van der Waals surface area contributed by atoms with Crippen molar-refractivity contribution in [3.8, 4) is 0 Å². The SMILES string of the molecule is CCCCNC(=O)[C@H](C)N(Cc1cccc(Br)c1)C(=O)CN(c1ccccc1F)S(C)(=O)=O. The third-order valence-corrected chi connectivity index (χ3v) is 6.66. The van der Waals surface area contributed by atoms with Crippen molar-refractivity contribution in [2.75, 3.05) is 23.7 Å². The van der Waals surface area contributed by atoms with Crippen molar-refractivity contribution in [2.45, 2.75) is 39.3 Å². The summed E-state index contributed by atoms with van der Waals surface area (Å²) >= 11 is 3.39. The Labute approximate surface area is 203 Å². The van der Waals surface area contributed by atoms with Crippen LogP contribution in [0.15, 0.2) is 53.0 Å². The number of benzene rings is 2. The molecule has 2 rings (SSSR count). The molecule has 0 aliphatic carbocycles. The van der Waals surface area contributed by atoms with Crippen LogP contribution >= 0.6 is 15.9 Å². The number of sulfonamides is 1. The van der Waals surface area contributed by atoms with E-state index in [4.69, 9.17) is 0 Å². The summed E-state index contributed by atoms with van der Waals surface area (Å²) in [5.74, 6) is -1.73. The molecule has 0 aliphatic rings. The van der Waals surface area contributed by atoms with Crippen molar-refractivity contribution in [1.82, 2.24) is 10.2 Å². The lowest BCUT2D eigenvalue weighted by molar-refractivity contribution is -0.139. The Hall–Kier alpha value is -2.46. The molecule has 1 N–H and O–H groups in total. The number of nitrogens with zero attached hydrogens (tertiary/aromatic N) is 2. The first-order valence-electron chi connectivity index (χ1n) is 10.6. The van der Waals surface area contributed by atoms with Gasteiger partial charge < -0.3 is 10.2 Å². The highest BCUT2D eigenvalue weighted by Gasteiger charge is 2.30. The second kappa shape index (κ2) is 12.1. The fourth-order valence-corrected chi connectivity index (χ4v) is 4.50. The van der Waals surface area contributed by atoms with Crippen molar-refractivity contribution in [2.24, 2.45) is 0 Å². The molecule has 0 aromatic heterocycles. The molecule has 10 heteroatoms. The van der Waals surface area contributed by atoms with Gasteiger partial charge in [-0.3, -0.25) is 13.9 Å². The topological polar surface area (TPSA) is 86.8 Å². The Kier molecular flexibility index (Phi) is 9.85. The molecule has 0 radical (unpaired) electrons. The molecule has 33 heavy (non-hydrogen) atoms. The minimum absolute atomic E-state index is 0.0789. The third-order valence-electron chi connectivity index (χ3n) is 5.04. The molecular formula is C23H29BrFN3O4S. The first-order valence-corrected chi connectivity index (χ1v) is 13.2. The highest BCUT2D eigenvalue weighted by molar-refractivity contribution is 9.10. The summed E-state index contributed by atoms with van der Waals surface area (Å²) in [6.45, 7) is 3.51. The van der Waals surface area contributed by atoms with Crippen LogP contribution in [-0.2, 0) is 26.2 Å². The zero-order valence-corrected chi connectivity index (χ0v) is 21.3. The zero-order chi connectivity index (χ0) is 24.6. The van der Waals surface area contributed by atoms with Gasteiger partial charge in [-0.05, 0) is 43.2 Å². The van der Waals surface area contributed by atoms with Gasteiger partial charge in [0.15, 0.2) is 0 Å². The average Bonchev–Trinajstić information content (AvgIpc) is 2.75. The molecule has 0 heterocycles. The van der Waals surface area contributed by atoms with Crippen molar-refractivity contribution in [3.63, 3.8) is 0 Å². The monoisotopic (exact) mass is 541 g/mol. The van der Waals surface area contributed by atoms with E-state index in [9.17, 15) is 22.4 Å². The van der Waals surface area contributed by atoms with Gasteiger partial charge in [-0.2, -0.15) is 0 Å². The zero-order valence-electron chi connectivity index (χ0n) is 18.9. The second-order valence-corrected chi connectivity index (χ2v) is 10.5. The van der Waals surface area contributed by atoms with Gasteiger partial charge in [0, 0.05) is 17.6 Å². The number of carbonyl (C=O) groups excluding carboxylic acids is 2. The van der Waals surface area contributed by atoms with Gasteiger partial charge in [0.2, 0.25) is 21.8 Å². The number of halogens is 2. The minimum atomic E-state index is -3.97. The largest absolute Gasteiger partial charge is 0.354 e. The third kappa shape index (κ3) is 7.82. The highest BCUT2D eigenvalue weighted by atomic mass is 79.9. The number of carbonyl (C=O) groups is 2. The molecule has 2 aromatic carbocycles. The van der Waals surface area contributed by atoms with Gasteiger partial charge in [0.25, 0.3) is 0 Å². The Morgan fingerprint density at radius 1 is 1.15 bits per heavy atom. The van der Waals surface area contributed by atoms with Gasteiger partial charge in [-0.25, -0.2) is 12.8 Å². The summed E-state index contributed by atoms with van der Waals surface area (Å²) in [5.41, 5.74) is 0.526. The predicted octanol–water partition coefficient (Wildman–Crippen LogP) is 3.69. The molecule has 0 fully saturated rings. The van der Waals surface area contributed by atoms with E-state index in [0.717, 1.165) is 39.5 Å². The predicted molar refractivity (Wildman–Crippen MR) is 131 cm³/mol. The summed E-state index contributed by atoms with van der Waals surface area (Å²) in [4.78, 5) is 27.4. The standard InChI is InChI=1S/C23H29BrFN3O4S/c1-4-5-13-26-23(30)17(2)27(15-18-9-8-10-19(24)14-18)22(29)16-28(33(3,31)32)21-12-7-6-11-20(21)25/h6-12,14,17H,4-5,13,15-16H2,1-3H3,(H,26,30)/t17-/m0/s1. The molecule has 1 atom stereocenters. The summed E-state index contributed by atoms with van der Waals surface area (Å²) in [5, 5.41) is 2.81. The van der Waals surface area contributed by atoms with Crippen LogP contribution in [-0.4, -0.2) is 50.5 Å². The number of nitrogens with one attached hydrogen (secondary N) is 1. The lowest BCUT2D eigenvalue weighted by atomic mass is 10.1. The number of amides is 2. The highest BCUT2D eigenvalue weighted by Crippen LogP contribution is 2.22. The molecule has 2 aromatic rings. The van der Waals surface area contributed by atoms with Gasteiger partial charge in [0.05, 0.1) is 11.9 Å². The molecule has 7 nitrogen and oxygen atoms in total. The van der Waals surface area contributed by atoms with E-state index in [1.54, 1.807) is 19.1 Å². The molecule has 2 amide bonds. The van der Waals surface area contributed by atoms with Gasteiger partial charge in [0.1, 0.15) is 18.4 Å². The Bertz CT molecular complexity index is 1080. The number of para-hydroxylation sites is 1. The molecule has 0 saturated heterocycles. The van der Waals surface area contributed by atoms with E-state index in [0.29, 0.717) is 6.54 Å². The fourth-order valence-electron chi connectivity index (χ4n) is 3.20. The van der Waals surface area contributed by atoms with Crippen molar-refractivity contribution in [3.05, 3.63) is 64.4 Å². The molecule has 0 unspecified atom stereocenters. The van der Waals surface area contributed by atoms with E-state index >= 15 is 0 Å². The summed E-state index contributed by atoms with van der Waals surface area (Å²) in [6, 6.07) is 11.7. The molecule has 0 saturated carbocycles. The Morgan fingerprint density at radius 2 is 1.85 bits per heavy atom. The molecular weight excluding hydrogens is 513 g/mol. The Balaban J connectivity index is 2.36. The smallest absolute Gasteiger partial charge is 0.244 e. The number of unbranched alkanes of at least 4 members (excludes halogenated alkanes) is 1. The van der Waals surface area contributed by atoms with Crippen LogP contribution < -0.4 is 9.62 Å². The van der Waals surface area contributed by atoms with Gasteiger partial charge in [-0.1, -0.05) is 53.5 Å². The van der Waals surface area contributed by atoms with E-state index in [2.05, 4.69) is 21.2 Å². The number of hydrogen-bond donors (Lipinski definition) is 1. The maximum Gasteiger partial charge on any atom is 0.244 e. The maximum atomic E-state index is 14.4. The summed E-state index contributed by atoms with van der Waals surface area (Å²) < 4.78 is 40.7. The number of hydrogen-bond acceptors (Lipinski definition) is 4. The van der Waals surface area contributed by atoms with Crippen LogP contribution in [0.2, 0.25) is 0 Å². The number of rotatable bonds is 11. The van der Waals surface area contributed by atoms with Crippen LogP contribution in [0, 0.1) is 5.82 Å². The normalized spacial score (nSPS) is 12.2. The summed E-state index contributed by atoms with van der Waals surface area (Å²) in [6.07, 6.45) is 2.61. The van der Waals surface area contributed by atoms with E-state index in [1.807, 2.05) is 19.1 Å². The summed E-state index contributed by atoms with van der Waals surface area (Å²) in [7, 11) is -3.97. The number of anilines is 1. The molecule has 0 spiro atoms. The van der Waals surface area contributed by atoms with E-state index < -0.39 is 34.3 Å². The van der Waals surface area contributed by atoms with Crippen molar-refractivity contribution in [1.29, 1.82) is 0 Å². The van der Waals surface area contributed by atoms with Crippen LogP contribution in [0.3, 0.4) is 0 Å². The second-order valence-electron chi connectivity index (χ2n) is 7.69. The van der Waals surface area contributed by atoms with Crippen molar-refractivity contribution < 1.29 is 22.4 Å². The Morgan fingerprint density at radius 3 is 2.45 bits per heavy atom. The van der Waals surface area contributed by atoms with Crippen LogP contribution in [0.4, 0.5) is 10.1 Å². The van der Waals surface area contributed by atoms with Gasteiger partial charge >= 0.3 is 0 Å². The molecule has 0 aliphatic heterocycles. The van der Waals surface area contributed by atoms with Gasteiger partial charge in [-0.15, -0.1) is 0 Å². The van der Waals surface area contributed by atoms with E-state index in [-0.39, 0.29) is 18.1 Å². The van der Waals surface area contributed by atoms with E-state index in [1.165, 1.54) is 23.1 Å². The van der Waals surface area contributed by atoms with Crippen LogP contribution in [0.1, 0.15) is 32.3 Å². The first-order chi connectivity index (χ1) is 15.5. The first kappa shape index (κ1) is 26.8. The van der Waals surface area contributed by atoms with Crippen LogP contribution in [0.5, 0.6) is 0 Å². The van der Waals surface area contributed by atoms with Crippen LogP contribution in [0.25, 0.3) is 0 Å². The lowest BCUT2D eigenvalue weighted by Gasteiger charge is -2.31. The average molecular weight is 542 g/mol. The maximum absolute atomic E-state index is 14.4. The van der Waals surface area contributed by atoms with Crippen molar-refractivity contribution >= 4 is 43.5 Å². The fraction of sp³-hybridized carbons (Fsp3) is 0.391. The quantitative estimate of drug-likeness (QED) is 0.439. The molecule has 0 bridgehead atoms. The lowest BCUT2D eigenvalue weighted by Crippen LogP contribution is -2.51.